The van der Waals surface area contributed by atoms with Crippen LogP contribution in [0.15, 0.2) is 30.3 Å². The standard InChI is InChI=1S/C50H86N12O10/c1-6-7-8-9-13-16-34(63)29-42(64)55-30-43(65)56-39-22-26-54-44(66)40(27-32(4)5)61-48(70)38(21-25-53)58-47(69)37(20-24-52)60-50(72)41(28-33-14-11-10-12-15-33)62-45(67)35(18-17-31(2)3)57-46(68)36(19-23-51)59-49(39)71/h10-12,14-15,31-32,34-41,63H,6-9,13,16-30,51-53H2,1-5H3,(H,54,66)(H,55,64)(H,56,65)(H,57,68)(H,58,69)(H,59,71)(H,60,72)(H,61,70)(H,62,67)/t34-,35-,36+,37+,38+,39+,40+,41+/m1/s1. The highest BCUT2D eigenvalue weighted by atomic mass is 16.3. The second-order valence-electron chi connectivity index (χ2n) is 19.4. The van der Waals surface area contributed by atoms with E-state index in [1.807, 2.05) is 27.7 Å². The van der Waals surface area contributed by atoms with Gasteiger partial charge in [0.05, 0.1) is 19.1 Å². The number of amides is 9. The minimum atomic E-state index is -1.40. The van der Waals surface area contributed by atoms with E-state index in [1.165, 1.54) is 0 Å². The number of rotatable bonds is 24. The van der Waals surface area contributed by atoms with E-state index in [-0.39, 0.29) is 89.4 Å². The molecule has 8 atom stereocenters. The Kier molecular flexibility index (Phi) is 30.0. The molecule has 1 aliphatic rings. The van der Waals surface area contributed by atoms with Gasteiger partial charge in [0, 0.05) is 13.0 Å². The molecule has 1 aromatic carbocycles. The summed E-state index contributed by atoms with van der Waals surface area (Å²) in [7, 11) is 0. The van der Waals surface area contributed by atoms with E-state index in [0.717, 1.165) is 32.1 Å². The molecular formula is C50H86N12O10. The van der Waals surface area contributed by atoms with Crippen LogP contribution in [0.2, 0.25) is 0 Å². The van der Waals surface area contributed by atoms with Gasteiger partial charge in [-0.05, 0) is 88.4 Å². The zero-order valence-electron chi connectivity index (χ0n) is 43.2. The SMILES string of the molecule is CCCCCCC[C@@H](O)CC(=O)NCC(=O)N[C@H]1CCNC(=O)[C@H](CC(C)C)NC(=O)[C@H](CCN)NC(=O)[C@H](CCN)NC(=O)[C@H](Cc2ccccc2)NC(=O)[C@@H](CCC(C)C)NC(=O)[C@H](CCN)NC1=O. The van der Waals surface area contributed by atoms with Crippen LogP contribution in [-0.2, 0) is 49.6 Å². The molecule has 0 unspecified atom stereocenters. The molecule has 1 fully saturated rings. The van der Waals surface area contributed by atoms with Crippen LogP contribution in [0.1, 0.15) is 130 Å². The lowest BCUT2D eigenvalue weighted by atomic mass is 10.00. The van der Waals surface area contributed by atoms with Gasteiger partial charge in [0.25, 0.3) is 0 Å². The number of benzene rings is 1. The number of hydrogen-bond acceptors (Lipinski definition) is 13. The summed E-state index contributed by atoms with van der Waals surface area (Å²) in [5, 5.41) is 34.3. The van der Waals surface area contributed by atoms with Gasteiger partial charge < -0.3 is 70.2 Å². The van der Waals surface area contributed by atoms with Gasteiger partial charge in [0.2, 0.25) is 53.2 Å². The van der Waals surface area contributed by atoms with Crippen LogP contribution in [0.5, 0.6) is 0 Å². The Morgan fingerprint density at radius 2 is 1.08 bits per heavy atom. The van der Waals surface area contributed by atoms with Crippen molar-refractivity contribution < 1.29 is 48.3 Å². The molecule has 0 saturated carbocycles. The van der Waals surface area contributed by atoms with Crippen LogP contribution >= 0.6 is 0 Å². The van der Waals surface area contributed by atoms with Crippen LogP contribution in [0.3, 0.4) is 0 Å². The van der Waals surface area contributed by atoms with Crippen molar-refractivity contribution in [1.82, 2.24) is 47.9 Å². The van der Waals surface area contributed by atoms with Crippen molar-refractivity contribution >= 4 is 53.2 Å². The minimum Gasteiger partial charge on any atom is -0.393 e. The zero-order valence-corrected chi connectivity index (χ0v) is 43.2. The Bertz CT molecular complexity index is 1870. The van der Waals surface area contributed by atoms with Crippen LogP contribution in [0.25, 0.3) is 0 Å². The first-order chi connectivity index (χ1) is 34.3. The molecule has 0 spiro atoms. The molecule has 406 valence electrons. The highest BCUT2D eigenvalue weighted by molar-refractivity contribution is 5.98. The number of unbranched alkanes of at least 4 members (excludes halogenated alkanes) is 4. The summed E-state index contributed by atoms with van der Waals surface area (Å²) in [4.78, 5) is 124. The average molecular weight is 1020 g/mol. The molecule has 16 N–H and O–H groups in total. The van der Waals surface area contributed by atoms with Gasteiger partial charge in [0.15, 0.2) is 0 Å². The maximum Gasteiger partial charge on any atom is 0.243 e. The number of nitrogens with two attached hydrogens (primary N) is 3. The lowest BCUT2D eigenvalue weighted by Crippen LogP contribution is -2.60. The second kappa shape index (κ2) is 34.6. The van der Waals surface area contributed by atoms with Crippen LogP contribution < -0.4 is 65.1 Å². The van der Waals surface area contributed by atoms with E-state index in [9.17, 15) is 48.3 Å². The third-order valence-electron chi connectivity index (χ3n) is 12.1. The Hall–Kier alpha value is -5.71. The average Bonchev–Trinajstić information content (AvgIpc) is 3.32. The summed E-state index contributed by atoms with van der Waals surface area (Å²) in [6.07, 6.45) is 4.43. The molecule has 1 aromatic rings. The zero-order chi connectivity index (χ0) is 53.6. The topological polar surface area (TPSA) is 360 Å². The molecule has 22 heteroatoms. The molecule has 0 bridgehead atoms. The molecule has 22 nitrogen and oxygen atoms in total. The molecular weight excluding hydrogens is 929 g/mol. The lowest BCUT2D eigenvalue weighted by Gasteiger charge is -2.28. The summed E-state index contributed by atoms with van der Waals surface area (Å²) in [5.74, 6) is -6.66. The monoisotopic (exact) mass is 1010 g/mol. The Morgan fingerprint density at radius 3 is 1.60 bits per heavy atom. The quantitative estimate of drug-likeness (QED) is 0.0548. The molecule has 1 aliphatic heterocycles. The first-order valence-electron chi connectivity index (χ1n) is 25.8. The number of carbonyl (C=O) groups is 9. The van der Waals surface area contributed by atoms with E-state index >= 15 is 0 Å². The van der Waals surface area contributed by atoms with Gasteiger partial charge in [-0.25, -0.2) is 0 Å². The normalized spacial score (nSPS) is 22.9. The van der Waals surface area contributed by atoms with Crippen LogP contribution in [-0.4, -0.2) is 139 Å². The van der Waals surface area contributed by atoms with Crippen molar-refractivity contribution in [2.75, 3.05) is 32.7 Å². The fraction of sp³-hybridized carbons (Fsp3) is 0.700. The van der Waals surface area contributed by atoms with E-state index in [4.69, 9.17) is 17.2 Å². The number of aliphatic hydroxyl groups is 1. The van der Waals surface area contributed by atoms with Crippen molar-refractivity contribution in [1.29, 1.82) is 0 Å². The van der Waals surface area contributed by atoms with Gasteiger partial charge in [-0.3, -0.25) is 43.2 Å². The van der Waals surface area contributed by atoms with Gasteiger partial charge in [-0.2, -0.15) is 0 Å². The van der Waals surface area contributed by atoms with Crippen molar-refractivity contribution in [2.24, 2.45) is 29.0 Å². The van der Waals surface area contributed by atoms with E-state index in [2.05, 4.69) is 54.8 Å². The molecule has 72 heavy (non-hydrogen) atoms. The number of nitrogens with one attached hydrogen (secondary N) is 9. The molecule has 0 aliphatic carbocycles. The number of aliphatic hydroxyl groups excluding tert-OH is 1. The van der Waals surface area contributed by atoms with Crippen LogP contribution in [0.4, 0.5) is 0 Å². The van der Waals surface area contributed by atoms with Crippen molar-refractivity contribution in [3.05, 3.63) is 35.9 Å². The van der Waals surface area contributed by atoms with Crippen molar-refractivity contribution in [3.8, 4) is 0 Å². The summed E-state index contributed by atoms with van der Waals surface area (Å²) in [6.45, 7) is 8.66. The summed E-state index contributed by atoms with van der Waals surface area (Å²) in [6, 6.07) is -0.106. The molecule has 1 heterocycles. The Labute approximate surface area is 425 Å². The third-order valence-corrected chi connectivity index (χ3v) is 12.1. The van der Waals surface area contributed by atoms with Gasteiger partial charge in [-0.1, -0.05) is 97.1 Å². The summed E-state index contributed by atoms with van der Waals surface area (Å²) >= 11 is 0. The number of hydrogen-bond donors (Lipinski definition) is 13. The van der Waals surface area contributed by atoms with Crippen molar-refractivity contribution in [3.63, 3.8) is 0 Å². The van der Waals surface area contributed by atoms with Crippen LogP contribution in [0, 0.1) is 11.8 Å². The minimum absolute atomic E-state index is 0.0263. The van der Waals surface area contributed by atoms with Gasteiger partial charge in [-0.15, -0.1) is 0 Å². The first-order valence-corrected chi connectivity index (χ1v) is 25.8. The highest BCUT2D eigenvalue weighted by Crippen LogP contribution is 2.13. The molecule has 1 saturated heterocycles. The van der Waals surface area contributed by atoms with Gasteiger partial charge in [0.1, 0.15) is 42.3 Å². The highest BCUT2D eigenvalue weighted by Gasteiger charge is 2.35. The van der Waals surface area contributed by atoms with Gasteiger partial charge >= 0.3 is 0 Å². The van der Waals surface area contributed by atoms with E-state index in [0.29, 0.717) is 18.4 Å². The molecule has 0 radical (unpaired) electrons. The molecule has 0 aromatic heterocycles. The first kappa shape index (κ1) is 62.4. The number of carbonyl (C=O) groups excluding carboxylic acids is 9. The maximum atomic E-state index is 14.3. The second-order valence-corrected chi connectivity index (χ2v) is 19.4. The fourth-order valence-electron chi connectivity index (χ4n) is 8.00. The molecule has 9 amide bonds. The maximum absolute atomic E-state index is 14.3. The smallest absolute Gasteiger partial charge is 0.243 e. The Morgan fingerprint density at radius 1 is 0.597 bits per heavy atom. The van der Waals surface area contributed by atoms with E-state index < -0.39 is 108 Å². The summed E-state index contributed by atoms with van der Waals surface area (Å²) in [5.41, 5.74) is 18.4. The predicted molar refractivity (Wildman–Crippen MR) is 273 cm³/mol. The van der Waals surface area contributed by atoms with Crippen molar-refractivity contribution in [2.45, 2.75) is 179 Å². The summed E-state index contributed by atoms with van der Waals surface area (Å²) < 4.78 is 0. The Balaban J connectivity index is 2.60. The lowest BCUT2D eigenvalue weighted by molar-refractivity contribution is -0.135. The predicted octanol–water partition coefficient (Wildman–Crippen LogP) is -1.10. The van der Waals surface area contributed by atoms with E-state index in [1.54, 1.807) is 30.3 Å². The largest absolute Gasteiger partial charge is 0.393 e. The molecule has 2 rings (SSSR count). The third kappa shape index (κ3) is 24.6. The fourth-order valence-corrected chi connectivity index (χ4v) is 8.00.